The lowest BCUT2D eigenvalue weighted by atomic mass is 10.2. The van der Waals surface area contributed by atoms with E-state index < -0.39 is 34.8 Å². The highest BCUT2D eigenvalue weighted by molar-refractivity contribution is 7.80. The van der Waals surface area contributed by atoms with Gasteiger partial charge in [0, 0.05) is 5.75 Å². The maximum atomic E-state index is 13.1. The Labute approximate surface area is 105 Å². The van der Waals surface area contributed by atoms with Crippen molar-refractivity contribution in [2.75, 3.05) is 25.6 Å². The second kappa shape index (κ2) is 6.79. The molecule has 0 saturated heterocycles. The fraction of sp³-hybridized carbons (Fsp3) is 0.400. The lowest BCUT2D eigenvalue weighted by Crippen LogP contribution is -2.12. The van der Waals surface area contributed by atoms with Crippen LogP contribution in [0.1, 0.15) is 0 Å². The minimum Gasteiger partial charge on any atom is -0.485 e. The van der Waals surface area contributed by atoms with Crippen molar-refractivity contribution < 1.29 is 31.4 Å². The van der Waals surface area contributed by atoms with E-state index in [1.165, 1.54) is 0 Å². The molecule has 0 N–H and O–H groups in total. The number of ether oxygens (including phenoxy) is 2. The van der Waals surface area contributed by atoms with Crippen LogP contribution in [0, 0.1) is 29.1 Å². The Bertz CT molecular complexity index is 398. The van der Waals surface area contributed by atoms with Crippen molar-refractivity contribution in [1.29, 1.82) is 0 Å². The van der Waals surface area contributed by atoms with Crippen molar-refractivity contribution in [2.45, 2.75) is 0 Å². The molecule has 0 radical (unpaired) electrons. The zero-order valence-corrected chi connectivity index (χ0v) is 9.88. The fourth-order valence-corrected chi connectivity index (χ4v) is 1.21. The van der Waals surface area contributed by atoms with E-state index in [9.17, 15) is 22.0 Å². The van der Waals surface area contributed by atoms with Gasteiger partial charge in [-0.15, -0.1) is 0 Å². The highest BCUT2D eigenvalue weighted by Crippen LogP contribution is 2.28. The third-order valence-electron chi connectivity index (χ3n) is 1.88. The molecule has 18 heavy (non-hydrogen) atoms. The van der Waals surface area contributed by atoms with Gasteiger partial charge in [0.2, 0.25) is 29.1 Å². The first-order valence-corrected chi connectivity index (χ1v) is 5.46. The van der Waals surface area contributed by atoms with Gasteiger partial charge in [-0.25, -0.2) is 13.2 Å². The van der Waals surface area contributed by atoms with E-state index >= 15 is 0 Å². The summed E-state index contributed by atoms with van der Waals surface area (Å²) in [5, 5.41) is 0. The highest BCUT2D eigenvalue weighted by Gasteiger charge is 2.26. The van der Waals surface area contributed by atoms with Crippen LogP contribution in [0.2, 0.25) is 0 Å². The lowest BCUT2D eigenvalue weighted by Gasteiger charge is -2.10. The topological polar surface area (TPSA) is 18.5 Å². The average Bonchev–Trinajstić information content (AvgIpc) is 2.37. The Balaban J connectivity index is 2.77. The predicted octanol–water partition coefficient (Wildman–Crippen LogP) is 2.71. The molecule has 0 spiro atoms. The molecule has 2 nitrogen and oxygen atoms in total. The molecule has 0 saturated carbocycles. The Morgan fingerprint density at radius 2 is 1.22 bits per heavy atom. The Morgan fingerprint density at radius 3 is 1.72 bits per heavy atom. The SMILES string of the molecule is Fc1c(F)c(F)c(OCCOCCS)c(F)c1F. The van der Waals surface area contributed by atoms with E-state index in [-0.39, 0.29) is 19.8 Å². The predicted molar refractivity (Wildman–Crippen MR) is 56.4 cm³/mol. The van der Waals surface area contributed by atoms with Crippen LogP contribution in [0.4, 0.5) is 22.0 Å². The molecule has 0 bridgehead atoms. The van der Waals surface area contributed by atoms with Crippen LogP contribution in [-0.4, -0.2) is 25.6 Å². The van der Waals surface area contributed by atoms with Crippen molar-refractivity contribution in [3.63, 3.8) is 0 Å². The Hall–Kier alpha value is -1.02. The van der Waals surface area contributed by atoms with Crippen LogP contribution in [0.3, 0.4) is 0 Å². The maximum absolute atomic E-state index is 13.1. The van der Waals surface area contributed by atoms with Crippen molar-refractivity contribution in [3.8, 4) is 5.75 Å². The molecule has 0 aliphatic heterocycles. The van der Waals surface area contributed by atoms with Gasteiger partial charge in [-0.2, -0.15) is 21.4 Å². The number of hydrogen-bond acceptors (Lipinski definition) is 3. The number of benzene rings is 1. The van der Waals surface area contributed by atoms with Gasteiger partial charge in [-0.3, -0.25) is 0 Å². The summed E-state index contributed by atoms with van der Waals surface area (Å²) >= 11 is 3.84. The molecule has 0 aliphatic carbocycles. The number of rotatable bonds is 6. The minimum absolute atomic E-state index is 0.0555. The fourth-order valence-electron chi connectivity index (χ4n) is 1.08. The summed E-state index contributed by atoms with van der Waals surface area (Å²) in [6.07, 6.45) is 0. The molecule has 102 valence electrons. The van der Waals surface area contributed by atoms with Crippen LogP contribution in [0.15, 0.2) is 0 Å². The van der Waals surface area contributed by atoms with E-state index in [1.807, 2.05) is 0 Å². The standard InChI is InChI=1S/C10H9F5O2S/c11-5-6(12)8(14)10(9(15)7(5)13)17-2-1-16-3-4-18/h18H,1-4H2. The first-order valence-electron chi connectivity index (χ1n) is 4.83. The third-order valence-corrected chi connectivity index (χ3v) is 2.06. The van der Waals surface area contributed by atoms with Crippen molar-refractivity contribution in [3.05, 3.63) is 29.1 Å². The van der Waals surface area contributed by atoms with E-state index in [2.05, 4.69) is 17.4 Å². The van der Waals surface area contributed by atoms with Crippen LogP contribution < -0.4 is 4.74 Å². The van der Waals surface area contributed by atoms with Crippen LogP contribution >= 0.6 is 12.6 Å². The molecule has 8 heteroatoms. The normalized spacial score (nSPS) is 10.8. The summed E-state index contributed by atoms with van der Waals surface area (Å²) in [6, 6.07) is 0. The third kappa shape index (κ3) is 3.26. The van der Waals surface area contributed by atoms with Gasteiger partial charge in [-0.05, 0) is 0 Å². The molecule has 0 heterocycles. The molecular formula is C10H9F5O2S. The largest absolute Gasteiger partial charge is 0.485 e. The molecule has 0 amide bonds. The van der Waals surface area contributed by atoms with Gasteiger partial charge >= 0.3 is 0 Å². The average molecular weight is 288 g/mol. The molecule has 1 aromatic rings. The molecule has 0 fully saturated rings. The highest BCUT2D eigenvalue weighted by atomic mass is 32.1. The number of hydrogen-bond donors (Lipinski definition) is 1. The van der Waals surface area contributed by atoms with Crippen molar-refractivity contribution >= 4 is 12.6 Å². The summed E-state index contributed by atoms with van der Waals surface area (Å²) in [6.45, 7) is -0.115. The van der Waals surface area contributed by atoms with Gasteiger partial charge in [-0.1, -0.05) is 0 Å². The van der Waals surface area contributed by atoms with Gasteiger partial charge in [0.25, 0.3) is 0 Å². The van der Waals surface area contributed by atoms with Crippen molar-refractivity contribution in [1.82, 2.24) is 0 Å². The van der Waals surface area contributed by atoms with Gasteiger partial charge < -0.3 is 9.47 Å². The Morgan fingerprint density at radius 1 is 0.722 bits per heavy atom. The zero-order valence-electron chi connectivity index (χ0n) is 8.98. The second-order valence-corrected chi connectivity index (χ2v) is 3.53. The van der Waals surface area contributed by atoms with Crippen LogP contribution in [-0.2, 0) is 4.74 Å². The molecule has 1 aromatic carbocycles. The van der Waals surface area contributed by atoms with Gasteiger partial charge in [0.1, 0.15) is 6.61 Å². The van der Waals surface area contributed by atoms with E-state index in [0.29, 0.717) is 5.75 Å². The van der Waals surface area contributed by atoms with Gasteiger partial charge in [0.15, 0.2) is 5.75 Å². The molecule has 0 aliphatic rings. The zero-order chi connectivity index (χ0) is 13.7. The first-order chi connectivity index (χ1) is 8.50. The first kappa shape index (κ1) is 15.0. The van der Waals surface area contributed by atoms with E-state index in [4.69, 9.17) is 4.74 Å². The van der Waals surface area contributed by atoms with Crippen LogP contribution in [0.5, 0.6) is 5.75 Å². The van der Waals surface area contributed by atoms with Crippen molar-refractivity contribution in [2.24, 2.45) is 0 Å². The smallest absolute Gasteiger partial charge is 0.206 e. The summed E-state index contributed by atoms with van der Waals surface area (Å²) in [4.78, 5) is 0. The van der Waals surface area contributed by atoms with Gasteiger partial charge in [0.05, 0.1) is 13.2 Å². The lowest BCUT2D eigenvalue weighted by molar-refractivity contribution is 0.107. The minimum atomic E-state index is -2.22. The van der Waals surface area contributed by atoms with E-state index in [1.54, 1.807) is 0 Å². The number of halogens is 5. The van der Waals surface area contributed by atoms with E-state index in [0.717, 1.165) is 0 Å². The maximum Gasteiger partial charge on any atom is 0.206 e. The summed E-state index contributed by atoms with van der Waals surface area (Å²) in [5.74, 6) is -11.2. The molecule has 0 atom stereocenters. The summed E-state index contributed by atoms with van der Waals surface area (Å²) in [5.41, 5.74) is 0. The number of thiol groups is 1. The Kier molecular flexibility index (Phi) is 5.67. The molecule has 0 unspecified atom stereocenters. The van der Waals surface area contributed by atoms with Crippen LogP contribution in [0.25, 0.3) is 0 Å². The molecule has 0 aromatic heterocycles. The molecular weight excluding hydrogens is 279 g/mol. The second-order valence-electron chi connectivity index (χ2n) is 3.08. The summed E-state index contributed by atoms with van der Waals surface area (Å²) < 4.78 is 73.7. The summed E-state index contributed by atoms with van der Waals surface area (Å²) in [7, 11) is 0. The molecule has 1 rings (SSSR count). The quantitative estimate of drug-likeness (QED) is 0.285. The monoisotopic (exact) mass is 288 g/mol.